The molecule has 3 aromatic carbocycles. The maximum atomic E-state index is 14.5. The predicted molar refractivity (Wildman–Crippen MR) is 123 cm³/mol. The zero-order valence-corrected chi connectivity index (χ0v) is 19.2. The first-order valence-corrected chi connectivity index (χ1v) is 11.5. The Morgan fingerprint density at radius 1 is 0.677 bits per heavy atom. The SMILES string of the molecule is COc1ccc(C(=O)P(=O)(C(=O)c2ccc(OC)cc2)c2c(C)cc(C)cc2C)cc1. The van der Waals surface area contributed by atoms with Gasteiger partial charge in [0.05, 0.1) is 14.2 Å². The van der Waals surface area contributed by atoms with Crippen LogP contribution in [-0.2, 0) is 4.57 Å². The molecule has 0 aliphatic heterocycles. The molecule has 0 atom stereocenters. The number of carbonyl (C=O) groups excluding carboxylic acids is 2. The van der Waals surface area contributed by atoms with E-state index in [0.717, 1.165) is 5.56 Å². The molecule has 0 amide bonds. The molecular formula is C25H25O5P. The van der Waals surface area contributed by atoms with Crippen molar-refractivity contribution in [2.24, 2.45) is 0 Å². The highest BCUT2D eigenvalue weighted by Gasteiger charge is 2.44. The summed E-state index contributed by atoms with van der Waals surface area (Å²) in [6.45, 7) is 5.49. The van der Waals surface area contributed by atoms with E-state index in [1.54, 1.807) is 38.1 Å². The van der Waals surface area contributed by atoms with Gasteiger partial charge in [0.2, 0.25) is 18.2 Å². The molecule has 5 nitrogen and oxygen atoms in total. The van der Waals surface area contributed by atoms with Crippen molar-refractivity contribution in [3.8, 4) is 11.5 Å². The molecule has 0 aromatic heterocycles. The molecule has 0 unspecified atom stereocenters. The van der Waals surface area contributed by atoms with Gasteiger partial charge in [0.25, 0.3) is 0 Å². The van der Waals surface area contributed by atoms with Gasteiger partial charge in [-0.05, 0) is 80.4 Å². The zero-order chi connectivity index (χ0) is 22.8. The second kappa shape index (κ2) is 8.91. The van der Waals surface area contributed by atoms with Crippen molar-refractivity contribution < 1.29 is 23.6 Å². The summed E-state index contributed by atoms with van der Waals surface area (Å²) in [5.74, 6) is 1.13. The van der Waals surface area contributed by atoms with Crippen LogP contribution in [0.25, 0.3) is 0 Å². The number of rotatable bonds is 7. The van der Waals surface area contributed by atoms with E-state index in [9.17, 15) is 14.2 Å². The van der Waals surface area contributed by atoms with Crippen LogP contribution in [0, 0.1) is 20.8 Å². The third-order valence-electron chi connectivity index (χ3n) is 5.20. The Morgan fingerprint density at radius 2 is 1.03 bits per heavy atom. The first-order chi connectivity index (χ1) is 14.7. The van der Waals surface area contributed by atoms with Crippen LogP contribution in [0.5, 0.6) is 11.5 Å². The van der Waals surface area contributed by atoms with Crippen molar-refractivity contribution in [1.82, 2.24) is 0 Å². The molecule has 0 spiro atoms. The van der Waals surface area contributed by atoms with E-state index in [0.29, 0.717) is 27.9 Å². The van der Waals surface area contributed by atoms with E-state index in [1.807, 2.05) is 19.1 Å². The summed E-state index contributed by atoms with van der Waals surface area (Å²) in [5.41, 5.74) is 1.31. The minimum absolute atomic E-state index is 0.199. The minimum Gasteiger partial charge on any atom is -0.497 e. The van der Waals surface area contributed by atoms with E-state index < -0.39 is 18.2 Å². The van der Waals surface area contributed by atoms with Gasteiger partial charge < -0.3 is 14.0 Å². The van der Waals surface area contributed by atoms with Crippen molar-refractivity contribution in [3.63, 3.8) is 0 Å². The van der Waals surface area contributed by atoms with Gasteiger partial charge in [0, 0.05) is 16.4 Å². The lowest BCUT2D eigenvalue weighted by atomic mass is 10.1. The maximum absolute atomic E-state index is 14.5. The lowest BCUT2D eigenvalue weighted by Gasteiger charge is -2.21. The van der Waals surface area contributed by atoms with Gasteiger partial charge in [-0.1, -0.05) is 17.7 Å². The fourth-order valence-electron chi connectivity index (χ4n) is 3.80. The van der Waals surface area contributed by atoms with Crippen molar-refractivity contribution >= 4 is 23.5 Å². The molecule has 0 heterocycles. The minimum atomic E-state index is -4.20. The standard InChI is InChI=1S/C25H25O5P/c1-16-14-17(2)23(18(3)15-16)31(28,24(26)19-6-10-21(29-4)11-7-19)25(27)20-8-12-22(30-5)13-9-20/h6-15H,1-5H3. The van der Waals surface area contributed by atoms with E-state index in [-0.39, 0.29) is 11.1 Å². The number of hydrogen-bond donors (Lipinski definition) is 0. The molecule has 0 radical (unpaired) electrons. The Balaban J connectivity index is 2.23. The van der Waals surface area contributed by atoms with Crippen LogP contribution in [0.1, 0.15) is 37.4 Å². The van der Waals surface area contributed by atoms with E-state index >= 15 is 0 Å². The average molecular weight is 436 g/mol. The van der Waals surface area contributed by atoms with Crippen LogP contribution in [0.15, 0.2) is 60.7 Å². The van der Waals surface area contributed by atoms with Crippen molar-refractivity contribution in [3.05, 3.63) is 88.5 Å². The molecule has 0 fully saturated rings. The fourth-order valence-corrected chi connectivity index (χ4v) is 6.53. The van der Waals surface area contributed by atoms with Crippen LogP contribution in [0.3, 0.4) is 0 Å². The molecule has 0 bridgehead atoms. The highest BCUT2D eigenvalue weighted by atomic mass is 31.2. The van der Waals surface area contributed by atoms with Crippen LogP contribution in [-0.4, -0.2) is 25.3 Å². The van der Waals surface area contributed by atoms with Crippen molar-refractivity contribution in [2.45, 2.75) is 20.8 Å². The summed E-state index contributed by atoms with van der Waals surface area (Å²) in [6.07, 6.45) is 0. The van der Waals surface area contributed by atoms with Crippen molar-refractivity contribution in [2.75, 3.05) is 14.2 Å². The number of methoxy groups -OCH3 is 2. The summed E-state index contributed by atoms with van der Waals surface area (Å²) in [4.78, 5) is 27.3. The molecule has 6 heteroatoms. The van der Waals surface area contributed by atoms with Crippen LogP contribution < -0.4 is 14.8 Å². The van der Waals surface area contributed by atoms with Gasteiger partial charge >= 0.3 is 0 Å². The summed E-state index contributed by atoms with van der Waals surface area (Å²) in [5, 5.41) is 0.305. The second-order valence-corrected chi connectivity index (χ2v) is 9.90. The summed E-state index contributed by atoms with van der Waals surface area (Å²) < 4.78 is 24.8. The molecule has 0 saturated heterocycles. The topological polar surface area (TPSA) is 69.7 Å². The predicted octanol–water partition coefficient (Wildman–Crippen LogP) is 5.30. The number of carbonyl (C=O) groups is 2. The summed E-state index contributed by atoms with van der Waals surface area (Å²) >= 11 is 0. The van der Waals surface area contributed by atoms with E-state index in [4.69, 9.17) is 9.47 Å². The quantitative estimate of drug-likeness (QED) is 0.470. The van der Waals surface area contributed by atoms with Gasteiger partial charge in [-0.3, -0.25) is 9.59 Å². The first kappa shape index (κ1) is 22.5. The third kappa shape index (κ3) is 4.19. The highest BCUT2D eigenvalue weighted by molar-refractivity contribution is 8.01. The summed E-state index contributed by atoms with van der Waals surface area (Å²) in [6, 6.07) is 16.3. The third-order valence-corrected chi connectivity index (χ3v) is 8.19. The second-order valence-electron chi connectivity index (χ2n) is 7.42. The largest absolute Gasteiger partial charge is 0.497 e. The van der Waals surface area contributed by atoms with Gasteiger partial charge in [0.15, 0.2) is 0 Å². The molecule has 0 aliphatic carbocycles. The number of aryl methyl sites for hydroxylation is 3. The molecule has 3 aromatic rings. The zero-order valence-electron chi connectivity index (χ0n) is 18.3. The molecule has 160 valence electrons. The lowest BCUT2D eigenvalue weighted by molar-refractivity contribution is 0.104. The van der Waals surface area contributed by atoms with Gasteiger partial charge in [0.1, 0.15) is 11.5 Å². The van der Waals surface area contributed by atoms with Crippen molar-refractivity contribution in [1.29, 1.82) is 0 Å². The normalized spacial score (nSPS) is 11.1. The molecule has 0 aliphatic rings. The maximum Gasteiger partial charge on any atom is 0.249 e. The Labute approximate surface area is 182 Å². The molecule has 0 N–H and O–H groups in total. The molecule has 31 heavy (non-hydrogen) atoms. The van der Waals surface area contributed by atoms with Gasteiger partial charge in [-0.2, -0.15) is 0 Å². The van der Waals surface area contributed by atoms with Crippen LogP contribution in [0.2, 0.25) is 0 Å². The lowest BCUT2D eigenvalue weighted by Crippen LogP contribution is -2.25. The Morgan fingerprint density at radius 3 is 1.35 bits per heavy atom. The Hall–Kier alpha value is -3.17. The number of ether oxygens (including phenoxy) is 2. The molecular weight excluding hydrogens is 411 g/mol. The summed E-state index contributed by atoms with van der Waals surface area (Å²) in [7, 11) is -1.16. The number of hydrogen-bond acceptors (Lipinski definition) is 5. The highest BCUT2D eigenvalue weighted by Crippen LogP contribution is 2.52. The smallest absolute Gasteiger partial charge is 0.249 e. The molecule has 3 rings (SSSR count). The van der Waals surface area contributed by atoms with Crippen LogP contribution >= 0.6 is 7.14 Å². The first-order valence-electron chi connectivity index (χ1n) is 9.78. The fraction of sp³-hybridized carbons (Fsp3) is 0.200. The Bertz CT molecular complexity index is 1090. The van der Waals surface area contributed by atoms with Crippen LogP contribution in [0.4, 0.5) is 0 Å². The average Bonchev–Trinajstić information content (AvgIpc) is 2.77. The monoisotopic (exact) mass is 436 g/mol. The molecule has 0 saturated carbocycles. The Kier molecular flexibility index (Phi) is 6.47. The van der Waals surface area contributed by atoms with Gasteiger partial charge in [-0.25, -0.2) is 0 Å². The van der Waals surface area contributed by atoms with Gasteiger partial charge in [-0.15, -0.1) is 0 Å². The number of benzene rings is 3. The van der Waals surface area contributed by atoms with E-state index in [2.05, 4.69) is 0 Å². The van der Waals surface area contributed by atoms with E-state index in [1.165, 1.54) is 38.5 Å².